The van der Waals surface area contributed by atoms with Gasteiger partial charge < -0.3 is 14.6 Å². The molecule has 7 nitrogen and oxygen atoms in total. The number of aliphatic hydroxyl groups excluding tert-OH is 1. The summed E-state index contributed by atoms with van der Waals surface area (Å²) >= 11 is 0. The minimum atomic E-state index is -2.45. The third-order valence-electron chi connectivity index (χ3n) is 10.1. The Morgan fingerprint density at radius 2 is 1.54 bits per heavy atom. The number of Topliss-reactive ketones (excluding diaryl/α,β-unsaturated/α-hetero) is 1. The fourth-order valence-electron chi connectivity index (χ4n) is 8.06. The van der Waals surface area contributed by atoms with Gasteiger partial charge >= 0.3 is 12.1 Å². The molecule has 2 aliphatic rings. The third-order valence-corrected chi connectivity index (χ3v) is 17.1. The van der Waals surface area contributed by atoms with Crippen LogP contribution in [0.1, 0.15) is 93.1 Å². The number of methoxy groups -OCH3 is 1. The molecule has 0 unspecified atom stereocenters. The molecule has 228 valence electrons. The summed E-state index contributed by atoms with van der Waals surface area (Å²) in [4.78, 5) is 41.7. The summed E-state index contributed by atoms with van der Waals surface area (Å²) < 4.78 is 11.1. The van der Waals surface area contributed by atoms with Gasteiger partial charge in [0, 0.05) is 18.5 Å². The minimum absolute atomic E-state index is 0.0944. The van der Waals surface area contributed by atoms with Crippen LogP contribution in [0.25, 0.3) is 0 Å². The molecule has 1 amide bonds. The van der Waals surface area contributed by atoms with Crippen LogP contribution in [0.15, 0.2) is 41.7 Å². The van der Waals surface area contributed by atoms with Gasteiger partial charge in [-0.2, -0.15) is 0 Å². The first-order chi connectivity index (χ1) is 19.2. The number of carbonyl (C=O) groups is 3. The Bertz CT molecular complexity index is 1090. The van der Waals surface area contributed by atoms with Crippen molar-refractivity contribution >= 4 is 25.9 Å². The molecule has 1 aromatic carbocycles. The molecule has 0 saturated heterocycles. The van der Waals surface area contributed by atoms with Crippen molar-refractivity contribution in [2.75, 3.05) is 7.11 Å². The van der Waals surface area contributed by atoms with Crippen molar-refractivity contribution in [2.45, 2.75) is 128 Å². The van der Waals surface area contributed by atoms with E-state index in [1.165, 1.54) is 17.6 Å². The maximum Gasteiger partial charge on any atom is 0.414 e. The quantitative estimate of drug-likeness (QED) is 0.249. The molecular formula is C33H51NO6Si. The number of ether oxygens (including phenoxy) is 2. The maximum atomic E-state index is 14.1. The van der Waals surface area contributed by atoms with E-state index in [0.29, 0.717) is 5.20 Å². The normalized spacial score (nSPS) is 23.0. The van der Waals surface area contributed by atoms with Crippen LogP contribution in [0.4, 0.5) is 4.79 Å². The van der Waals surface area contributed by atoms with Crippen molar-refractivity contribution in [3.63, 3.8) is 0 Å². The van der Waals surface area contributed by atoms with E-state index >= 15 is 0 Å². The Morgan fingerprint density at radius 1 is 0.976 bits per heavy atom. The molecule has 1 saturated carbocycles. The monoisotopic (exact) mass is 585 g/mol. The van der Waals surface area contributed by atoms with Crippen molar-refractivity contribution < 1.29 is 29.0 Å². The lowest BCUT2D eigenvalue weighted by atomic mass is 9.66. The molecule has 0 bridgehead atoms. The third kappa shape index (κ3) is 6.33. The molecule has 8 heteroatoms. The summed E-state index contributed by atoms with van der Waals surface area (Å²) in [7, 11) is -1.27. The Labute approximate surface area is 247 Å². The minimum Gasteiger partial charge on any atom is -0.467 e. The van der Waals surface area contributed by atoms with Gasteiger partial charge in [-0.25, -0.2) is 9.59 Å². The van der Waals surface area contributed by atoms with Gasteiger partial charge in [0.2, 0.25) is 0 Å². The first-order valence-corrected chi connectivity index (χ1v) is 17.5. The molecule has 0 spiro atoms. The van der Waals surface area contributed by atoms with Gasteiger partial charge in [-0.15, -0.1) is 0 Å². The van der Waals surface area contributed by atoms with Gasteiger partial charge in [0.25, 0.3) is 0 Å². The lowest BCUT2D eigenvalue weighted by Crippen LogP contribution is -2.57. The van der Waals surface area contributed by atoms with E-state index in [1.807, 2.05) is 18.2 Å². The molecule has 1 N–H and O–H groups in total. The van der Waals surface area contributed by atoms with Gasteiger partial charge in [-0.1, -0.05) is 92.1 Å². The number of carbonyl (C=O) groups excluding carboxylic acids is 3. The van der Waals surface area contributed by atoms with Crippen LogP contribution < -0.4 is 0 Å². The van der Waals surface area contributed by atoms with Crippen LogP contribution in [0.3, 0.4) is 0 Å². The highest BCUT2D eigenvalue weighted by atomic mass is 28.3. The number of esters is 1. The lowest BCUT2D eigenvalue weighted by Gasteiger charge is -2.47. The predicted molar refractivity (Wildman–Crippen MR) is 164 cm³/mol. The van der Waals surface area contributed by atoms with Crippen LogP contribution in [-0.2, 0) is 24.5 Å². The van der Waals surface area contributed by atoms with Crippen molar-refractivity contribution in [2.24, 2.45) is 5.92 Å². The second-order valence-corrected chi connectivity index (χ2v) is 19.3. The highest BCUT2D eigenvalue weighted by molar-refractivity contribution is 6.93. The van der Waals surface area contributed by atoms with E-state index in [2.05, 4.69) is 67.5 Å². The summed E-state index contributed by atoms with van der Waals surface area (Å²) in [5, 5.41) is 11.6. The zero-order chi connectivity index (χ0) is 30.7. The number of hydrogen-bond acceptors (Lipinski definition) is 6. The predicted octanol–water partition coefficient (Wildman–Crippen LogP) is 6.94. The number of amides is 1. The number of hydrogen-bond donors (Lipinski definition) is 1. The van der Waals surface area contributed by atoms with Gasteiger partial charge in [0.15, 0.2) is 11.9 Å². The summed E-state index contributed by atoms with van der Waals surface area (Å²) in [5.41, 5.74) is 1.69. The Morgan fingerprint density at radius 3 is 2.07 bits per heavy atom. The highest BCUT2D eigenvalue weighted by Gasteiger charge is 2.52. The first-order valence-electron chi connectivity index (χ1n) is 15.3. The molecule has 1 heterocycles. The maximum absolute atomic E-state index is 14.1. The summed E-state index contributed by atoms with van der Waals surface area (Å²) in [5.74, 6) is -0.888. The van der Waals surface area contributed by atoms with E-state index < -0.39 is 32.3 Å². The van der Waals surface area contributed by atoms with Crippen LogP contribution in [-0.4, -0.2) is 61.3 Å². The van der Waals surface area contributed by atoms with Crippen molar-refractivity contribution in [1.29, 1.82) is 0 Å². The molecule has 4 atom stereocenters. The number of nitrogens with zero attached hydrogens (tertiary/aromatic N) is 1. The van der Waals surface area contributed by atoms with E-state index in [0.717, 1.165) is 25.7 Å². The lowest BCUT2D eigenvalue weighted by molar-refractivity contribution is -0.154. The van der Waals surface area contributed by atoms with Crippen molar-refractivity contribution in [3.05, 3.63) is 47.3 Å². The van der Waals surface area contributed by atoms with Crippen LogP contribution in [0.5, 0.6) is 0 Å². The Balaban J connectivity index is 2.06. The molecule has 0 radical (unpaired) electrons. The standard InChI is InChI=1S/C33H51NO6Si/c1-21(2)41(22(3)4,23(5)6)29-20-34(26(19-27(29)35)30(36)31(37)39-9)32(38)40-28-18-14-13-17-25(28)33(7,8)24-15-11-10-12-16-24/h10-12,15-16,20-23,25-26,28,30,36H,13-14,17-19H2,1-9H3/t25-,26-,28-,30-/m0/s1. The van der Waals surface area contributed by atoms with E-state index in [4.69, 9.17) is 9.47 Å². The molecule has 1 aromatic rings. The van der Waals surface area contributed by atoms with E-state index in [9.17, 15) is 19.5 Å². The highest BCUT2D eigenvalue weighted by Crippen LogP contribution is 2.48. The zero-order valence-corrected chi connectivity index (χ0v) is 27.5. The molecule has 41 heavy (non-hydrogen) atoms. The van der Waals surface area contributed by atoms with Gasteiger partial charge in [-0.3, -0.25) is 9.69 Å². The van der Waals surface area contributed by atoms with Gasteiger partial charge in [0.1, 0.15) is 14.2 Å². The second-order valence-electron chi connectivity index (χ2n) is 13.4. The van der Waals surface area contributed by atoms with Gasteiger partial charge in [0.05, 0.1) is 13.2 Å². The second kappa shape index (κ2) is 13.2. The summed E-state index contributed by atoms with van der Waals surface area (Å²) in [6.45, 7) is 17.4. The molecule has 1 fully saturated rings. The van der Waals surface area contributed by atoms with Crippen molar-refractivity contribution in [1.82, 2.24) is 4.90 Å². The van der Waals surface area contributed by atoms with E-state index in [1.54, 1.807) is 6.20 Å². The van der Waals surface area contributed by atoms with Crippen molar-refractivity contribution in [3.8, 4) is 0 Å². The Kier molecular flexibility index (Phi) is 10.7. The zero-order valence-electron chi connectivity index (χ0n) is 26.5. The van der Waals surface area contributed by atoms with Crippen LogP contribution >= 0.6 is 0 Å². The molecular weight excluding hydrogens is 534 g/mol. The van der Waals surface area contributed by atoms with Crippen LogP contribution in [0.2, 0.25) is 16.6 Å². The van der Waals surface area contributed by atoms with E-state index in [-0.39, 0.29) is 46.3 Å². The number of rotatable bonds is 9. The fraction of sp³-hybridized carbons (Fsp3) is 0.667. The molecule has 3 rings (SSSR count). The SMILES string of the molecule is COC(=O)[C@@H](O)[C@@H]1CC(=O)C([Si](C(C)C)(C(C)C)C(C)C)=CN1C(=O)O[C@H]1CCCC[C@@H]1C(C)(C)c1ccccc1. The molecule has 0 aromatic heterocycles. The van der Waals surface area contributed by atoms with Crippen LogP contribution in [0, 0.1) is 5.92 Å². The first kappa shape index (κ1) is 33.1. The average molecular weight is 586 g/mol. The topological polar surface area (TPSA) is 93.1 Å². The Hall–Kier alpha value is -2.45. The largest absolute Gasteiger partial charge is 0.467 e. The number of benzene rings is 1. The summed E-state index contributed by atoms with van der Waals surface area (Å²) in [6, 6.07) is 9.22. The fourth-order valence-corrected chi connectivity index (χ4v) is 14.9. The summed E-state index contributed by atoms with van der Waals surface area (Å²) in [6.07, 6.45) is 2.55. The smallest absolute Gasteiger partial charge is 0.414 e. The van der Waals surface area contributed by atoms with Gasteiger partial charge in [-0.05, 0) is 52.1 Å². The number of aliphatic hydroxyl groups is 1. The molecule has 1 aliphatic carbocycles. The number of allylic oxidation sites excluding steroid dienone is 1. The molecule has 1 aliphatic heterocycles. The number of ketones is 1. The average Bonchev–Trinajstić information content (AvgIpc) is 2.93.